The van der Waals surface area contributed by atoms with Gasteiger partial charge in [-0.05, 0) is 43.0 Å². The van der Waals surface area contributed by atoms with E-state index >= 15 is 0 Å². The van der Waals surface area contributed by atoms with Gasteiger partial charge < -0.3 is 10.8 Å². The quantitative estimate of drug-likeness (QED) is 0.863. The molecule has 1 aliphatic heterocycles. The Balaban J connectivity index is 1.98. The maximum atomic E-state index is 11.1. The van der Waals surface area contributed by atoms with Crippen LogP contribution in [-0.2, 0) is 6.54 Å². The Kier molecular flexibility index (Phi) is 4.80. The van der Waals surface area contributed by atoms with Crippen LogP contribution in [0, 0.1) is 5.92 Å². The molecule has 0 aliphatic carbocycles. The number of halogens is 1. The molecule has 0 saturated carbocycles. The number of primary amides is 1. The van der Waals surface area contributed by atoms with Crippen LogP contribution in [0.4, 0.5) is 0 Å². The topological polar surface area (TPSA) is 66.6 Å². The van der Waals surface area contributed by atoms with Crippen LogP contribution in [0.15, 0.2) is 18.2 Å². The Labute approximate surface area is 118 Å². The van der Waals surface area contributed by atoms with Crippen LogP contribution in [0.2, 0.25) is 5.02 Å². The number of rotatable bonds is 5. The zero-order chi connectivity index (χ0) is 13.8. The highest BCUT2D eigenvalue weighted by molar-refractivity contribution is 6.31. The van der Waals surface area contributed by atoms with Crippen LogP contribution in [0.3, 0.4) is 0 Å². The first-order valence-electron chi connectivity index (χ1n) is 6.51. The van der Waals surface area contributed by atoms with E-state index in [2.05, 4.69) is 4.90 Å². The summed E-state index contributed by atoms with van der Waals surface area (Å²) < 4.78 is 0. The molecule has 1 atom stereocenters. The summed E-state index contributed by atoms with van der Waals surface area (Å²) in [4.78, 5) is 13.4. The van der Waals surface area contributed by atoms with Gasteiger partial charge in [0.25, 0.3) is 0 Å². The Morgan fingerprint density at radius 2 is 2.32 bits per heavy atom. The molecule has 1 unspecified atom stereocenters. The molecule has 1 fully saturated rings. The standard InChI is InChI=1S/C14H19ClN2O2/c15-13-7-11(14(16)19)1-2-12(13)9-17-5-3-10(8-17)4-6-18/h1-2,7,10,18H,3-6,8-9H2,(H2,16,19). The lowest BCUT2D eigenvalue weighted by atomic mass is 10.1. The summed E-state index contributed by atoms with van der Waals surface area (Å²) >= 11 is 6.18. The number of aliphatic hydroxyl groups excluding tert-OH is 1. The van der Waals surface area contributed by atoms with E-state index in [9.17, 15) is 4.79 Å². The smallest absolute Gasteiger partial charge is 0.248 e. The van der Waals surface area contributed by atoms with Crippen molar-refractivity contribution in [3.05, 3.63) is 34.3 Å². The molecule has 1 aromatic rings. The summed E-state index contributed by atoms with van der Waals surface area (Å²) in [6.07, 6.45) is 1.99. The minimum atomic E-state index is -0.461. The molecule has 1 amide bonds. The molecule has 0 bridgehead atoms. The Morgan fingerprint density at radius 3 is 2.95 bits per heavy atom. The number of benzene rings is 1. The normalized spacial score (nSPS) is 19.8. The number of aliphatic hydroxyl groups is 1. The van der Waals surface area contributed by atoms with Gasteiger partial charge >= 0.3 is 0 Å². The molecular weight excluding hydrogens is 264 g/mol. The van der Waals surface area contributed by atoms with E-state index in [0.717, 1.165) is 38.0 Å². The number of carbonyl (C=O) groups excluding carboxylic acids is 1. The number of hydrogen-bond acceptors (Lipinski definition) is 3. The average molecular weight is 283 g/mol. The molecule has 0 radical (unpaired) electrons. The van der Waals surface area contributed by atoms with Crippen molar-refractivity contribution in [1.82, 2.24) is 4.90 Å². The second kappa shape index (κ2) is 6.37. The first-order valence-corrected chi connectivity index (χ1v) is 6.89. The molecule has 4 nitrogen and oxygen atoms in total. The van der Waals surface area contributed by atoms with Gasteiger partial charge in [0.15, 0.2) is 0 Å². The van der Waals surface area contributed by atoms with Crippen molar-refractivity contribution >= 4 is 17.5 Å². The maximum Gasteiger partial charge on any atom is 0.248 e. The molecule has 104 valence electrons. The summed E-state index contributed by atoms with van der Waals surface area (Å²) in [5.41, 5.74) is 6.66. The van der Waals surface area contributed by atoms with Gasteiger partial charge in [-0.15, -0.1) is 0 Å². The molecule has 2 rings (SSSR count). The van der Waals surface area contributed by atoms with Crippen molar-refractivity contribution in [2.24, 2.45) is 11.7 Å². The molecule has 1 aromatic carbocycles. The third kappa shape index (κ3) is 3.69. The maximum absolute atomic E-state index is 11.1. The number of likely N-dealkylation sites (tertiary alicyclic amines) is 1. The number of amides is 1. The van der Waals surface area contributed by atoms with Crippen molar-refractivity contribution in [2.45, 2.75) is 19.4 Å². The lowest BCUT2D eigenvalue weighted by Crippen LogP contribution is -2.21. The van der Waals surface area contributed by atoms with Gasteiger partial charge in [-0.2, -0.15) is 0 Å². The van der Waals surface area contributed by atoms with E-state index in [4.69, 9.17) is 22.4 Å². The summed E-state index contributed by atoms with van der Waals surface area (Å²) in [7, 11) is 0. The largest absolute Gasteiger partial charge is 0.396 e. The highest BCUT2D eigenvalue weighted by Crippen LogP contribution is 2.24. The molecule has 3 N–H and O–H groups in total. The van der Waals surface area contributed by atoms with Crippen molar-refractivity contribution < 1.29 is 9.90 Å². The predicted molar refractivity (Wildman–Crippen MR) is 75.1 cm³/mol. The molecule has 1 aliphatic rings. The van der Waals surface area contributed by atoms with Crippen LogP contribution >= 0.6 is 11.6 Å². The Hall–Kier alpha value is -1.10. The molecule has 1 saturated heterocycles. The zero-order valence-corrected chi connectivity index (χ0v) is 11.6. The second-order valence-corrected chi connectivity index (χ2v) is 5.48. The van der Waals surface area contributed by atoms with Crippen LogP contribution < -0.4 is 5.73 Å². The van der Waals surface area contributed by atoms with Gasteiger partial charge in [0.2, 0.25) is 5.91 Å². The number of nitrogens with zero attached hydrogens (tertiary/aromatic N) is 1. The Bertz CT molecular complexity index is 465. The summed E-state index contributed by atoms with van der Waals surface area (Å²) in [6.45, 7) is 3.05. The summed E-state index contributed by atoms with van der Waals surface area (Å²) in [6, 6.07) is 5.20. The summed E-state index contributed by atoms with van der Waals surface area (Å²) in [5, 5.41) is 9.53. The lowest BCUT2D eigenvalue weighted by molar-refractivity contribution is 0.100. The van der Waals surface area contributed by atoms with Gasteiger partial charge in [-0.25, -0.2) is 0 Å². The van der Waals surface area contributed by atoms with Gasteiger partial charge in [-0.1, -0.05) is 17.7 Å². The lowest BCUT2D eigenvalue weighted by Gasteiger charge is -2.17. The molecule has 1 heterocycles. The van der Waals surface area contributed by atoms with E-state index in [0.29, 0.717) is 16.5 Å². The minimum absolute atomic E-state index is 0.257. The summed E-state index contributed by atoms with van der Waals surface area (Å²) in [5.74, 6) is 0.117. The third-order valence-corrected chi connectivity index (χ3v) is 3.99. The van der Waals surface area contributed by atoms with E-state index in [1.165, 1.54) is 0 Å². The number of hydrogen-bond donors (Lipinski definition) is 2. The van der Waals surface area contributed by atoms with Crippen LogP contribution in [0.1, 0.15) is 28.8 Å². The third-order valence-electron chi connectivity index (χ3n) is 3.64. The Morgan fingerprint density at radius 1 is 1.53 bits per heavy atom. The van der Waals surface area contributed by atoms with Crippen molar-refractivity contribution in [3.8, 4) is 0 Å². The van der Waals surface area contributed by atoms with Crippen LogP contribution in [0.5, 0.6) is 0 Å². The van der Waals surface area contributed by atoms with Crippen molar-refractivity contribution in [1.29, 1.82) is 0 Å². The molecular formula is C14H19ClN2O2. The first kappa shape index (κ1) is 14.3. The van der Waals surface area contributed by atoms with Crippen LogP contribution in [-0.4, -0.2) is 35.6 Å². The first-order chi connectivity index (χ1) is 9.10. The number of nitrogens with two attached hydrogens (primary N) is 1. The van der Waals surface area contributed by atoms with Gasteiger partial charge in [0.1, 0.15) is 0 Å². The highest BCUT2D eigenvalue weighted by atomic mass is 35.5. The van der Waals surface area contributed by atoms with Crippen LogP contribution in [0.25, 0.3) is 0 Å². The fraction of sp³-hybridized carbons (Fsp3) is 0.500. The van der Waals surface area contributed by atoms with E-state index in [1.54, 1.807) is 12.1 Å². The van der Waals surface area contributed by atoms with Gasteiger partial charge in [0, 0.05) is 30.3 Å². The van der Waals surface area contributed by atoms with E-state index in [1.807, 2.05) is 6.07 Å². The number of carbonyl (C=O) groups is 1. The fourth-order valence-electron chi connectivity index (χ4n) is 2.54. The van der Waals surface area contributed by atoms with E-state index in [-0.39, 0.29) is 6.61 Å². The van der Waals surface area contributed by atoms with E-state index < -0.39 is 5.91 Å². The molecule has 5 heteroatoms. The highest BCUT2D eigenvalue weighted by Gasteiger charge is 2.22. The monoisotopic (exact) mass is 282 g/mol. The predicted octanol–water partition coefficient (Wildman–Crippen LogP) is 1.64. The SMILES string of the molecule is NC(=O)c1ccc(CN2CCC(CCO)C2)c(Cl)c1. The van der Waals surface area contributed by atoms with Crippen molar-refractivity contribution in [3.63, 3.8) is 0 Å². The minimum Gasteiger partial charge on any atom is -0.396 e. The molecule has 0 spiro atoms. The average Bonchev–Trinajstić information content (AvgIpc) is 2.79. The second-order valence-electron chi connectivity index (χ2n) is 5.07. The molecule has 0 aromatic heterocycles. The zero-order valence-electron chi connectivity index (χ0n) is 10.8. The fourth-order valence-corrected chi connectivity index (χ4v) is 2.78. The molecule has 19 heavy (non-hydrogen) atoms. The van der Waals surface area contributed by atoms with Crippen molar-refractivity contribution in [2.75, 3.05) is 19.7 Å². The van der Waals surface area contributed by atoms with Gasteiger partial charge in [0.05, 0.1) is 0 Å². The van der Waals surface area contributed by atoms with Gasteiger partial charge in [-0.3, -0.25) is 9.69 Å².